The molecule has 4 aromatic rings. The van der Waals surface area contributed by atoms with E-state index >= 15 is 0 Å². The Hall–Kier alpha value is -4.72. The summed E-state index contributed by atoms with van der Waals surface area (Å²) in [6, 6.07) is 14.0. The molecule has 0 saturated heterocycles. The molecule has 0 spiro atoms. The lowest BCUT2D eigenvalue weighted by atomic mass is 9.88. The van der Waals surface area contributed by atoms with E-state index in [0.717, 1.165) is 35.6 Å². The van der Waals surface area contributed by atoms with Crippen molar-refractivity contribution in [2.24, 2.45) is 0 Å². The van der Waals surface area contributed by atoms with Gasteiger partial charge in [-0.2, -0.15) is 0 Å². The lowest BCUT2D eigenvalue weighted by molar-refractivity contribution is -0.274. The summed E-state index contributed by atoms with van der Waals surface area (Å²) in [6.45, 7) is 0. The molecule has 216 valence electrons. The Bertz CT molecular complexity index is 1580. The fraction of sp³-hybridized carbons (Fsp3) is 0.250. The Balaban J connectivity index is 1.14. The van der Waals surface area contributed by atoms with Crippen LogP contribution >= 0.6 is 11.3 Å². The van der Waals surface area contributed by atoms with E-state index in [9.17, 15) is 22.8 Å². The average Bonchev–Trinajstić information content (AvgIpc) is 3.41. The lowest BCUT2D eigenvalue weighted by Gasteiger charge is -2.20. The molecule has 0 fully saturated rings. The maximum atomic E-state index is 12.5. The van der Waals surface area contributed by atoms with Crippen LogP contribution in [-0.2, 0) is 22.4 Å². The molecule has 1 unspecified atom stereocenters. The third kappa shape index (κ3) is 8.16. The highest BCUT2D eigenvalue weighted by Crippen LogP contribution is 2.38. The number of nitrogens with zero attached hydrogens (tertiary/aromatic N) is 5. The van der Waals surface area contributed by atoms with Gasteiger partial charge in [-0.1, -0.05) is 35.6 Å². The predicted molar refractivity (Wildman–Crippen MR) is 149 cm³/mol. The first-order valence-corrected chi connectivity index (χ1v) is 13.7. The highest BCUT2D eigenvalue weighted by Gasteiger charge is 2.31. The number of nitrogens with one attached hydrogen (secondary N) is 2. The number of amides is 2. The third-order valence-corrected chi connectivity index (χ3v) is 7.24. The molecule has 1 aromatic carbocycles. The maximum Gasteiger partial charge on any atom is 0.573 e. The van der Waals surface area contributed by atoms with Crippen molar-refractivity contribution in [3.63, 3.8) is 0 Å². The normalized spacial score (nSPS) is 15.0. The molecule has 3 heterocycles. The Morgan fingerprint density at radius 2 is 1.81 bits per heavy atom. The topological polar surface area (TPSA) is 132 Å². The van der Waals surface area contributed by atoms with Gasteiger partial charge >= 0.3 is 6.36 Å². The molecule has 5 rings (SSSR count). The monoisotopic (exact) mass is 595 g/mol. The second-order valence-electron chi connectivity index (χ2n) is 9.42. The number of rotatable bonds is 9. The highest BCUT2D eigenvalue weighted by atomic mass is 32.1. The molecule has 3 aromatic heterocycles. The van der Waals surface area contributed by atoms with Crippen molar-refractivity contribution in [3.05, 3.63) is 88.8 Å². The lowest BCUT2D eigenvalue weighted by Crippen LogP contribution is -2.18. The minimum atomic E-state index is -4.81. The van der Waals surface area contributed by atoms with Crippen molar-refractivity contribution in [3.8, 4) is 5.75 Å². The van der Waals surface area contributed by atoms with Gasteiger partial charge in [-0.25, -0.2) is 0 Å². The summed E-state index contributed by atoms with van der Waals surface area (Å²) >= 11 is 1.34. The fourth-order valence-electron chi connectivity index (χ4n) is 4.41. The fourth-order valence-corrected chi connectivity index (χ4v) is 5.30. The van der Waals surface area contributed by atoms with Gasteiger partial charge in [-0.3, -0.25) is 14.6 Å². The summed E-state index contributed by atoms with van der Waals surface area (Å²) in [6.07, 6.45) is 1.22. The van der Waals surface area contributed by atoms with Gasteiger partial charge in [0.25, 0.3) is 0 Å². The maximum absolute atomic E-state index is 12.5. The molecule has 1 aliphatic rings. The zero-order chi connectivity index (χ0) is 29.5. The van der Waals surface area contributed by atoms with Gasteiger partial charge in [-0.15, -0.1) is 33.6 Å². The Morgan fingerprint density at radius 3 is 2.57 bits per heavy atom. The molecule has 1 aliphatic carbocycles. The second-order valence-corrected chi connectivity index (χ2v) is 10.4. The van der Waals surface area contributed by atoms with Gasteiger partial charge in [0.05, 0.1) is 18.5 Å². The summed E-state index contributed by atoms with van der Waals surface area (Å²) in [7, 11) is 0. The number of benzene rings is 1. The largest absolute Gasteiger partial charge is 0.573 e. The SMILES string of the molecule is O=C(Cc1cccc(OC(F)(F)F)c1)Nc1ccc(C2=CCCC(c3nnc(NC(=O)Cc4ccccn4)s3)C2)nn1. The third-order valence-electron chi connectivity index (χ3n) is 6.23. The van der Waals surface area contributed by atoms with Gasteiger partial charge in [0, 0.05) is 17.8 Å². The van der Waals surface area contributed by atoms with E-state index in [4.69, 9.17) is 0 Å². The summed E-state index contributed by atoms with van der Waals surface area (Å²) in [5, 5.41) is 23.4. The number of carbonyl (C=O) groups excluding carboxylic acids is 2. The van der Waals surface area contributed by atoms with Crippen molar-refractivity contribution in [2.75, 3.05) is 10.6 Å². The van der Waals surface area contributed by atoms with Gasteiger partial charge in [0.1, 0.15) is 10.8 Å². The van der Waals surface area contributed by atoms with Gasteiger partial charge in [-0.05, 0) is 66.8 Å². The number of alkyl halides is 3. The molecule has 42 heavy (non-hydrogen) atoms. The molecule has 1 atom stereocenters. The summed E-state index contributed by atoms with van der Waals surface area (Å²) in [4.78, 5) is 28.9. The van der Waals surface area contributed by atoms with Crippen LogP contribution in [-0.4, -0.2) is 43.6 Å². The van der Waals surface area contributed by atoms with Crippen molar-refractivity contribution in [1.29, 1.82) is 0 Å². The van der Waals surface area contributed by atoms with Gasteiger partial charge < -0.3 is 15.4 Å². The molecule has 10 nitrogen and oxygen atoms in total. The van der Waals surface area contributed by atoms with Crippen LogP contribution in [0.4, 0.5) is 24.1 Å². The molecule has 0 radical (unpaired) electrons. The standard InChI is InChI=1S/C28H24F3N7O3S/c29-28(30,31)41-21-9-3-5-17(13-21)14-24(39)33-23-11-10-22(35-36-23)18-6-4-7-19(15-18)26-37-38-27(42-26)34-25(40)16-20-8-1-2-12-32-20/h1-3,5-6,8-13,19H,4,7,14-16H2,(H,33,36,39)(H,34,38,40). The van der Waals surface area contributed by atoms with E-state index < -0.39 is 18.0 Å². The molecule has 0 saturated carbocycles. The molecule has 2 amide bonds. The van der Waals surface area contributed by atoms with Crippen LogP contribution in [0, 0.1) is 0 Å². The summed E-state index contributed by atoms with van der Waals surface area (Å²) < 4.78 is 41.3. The number of pyridine rings is 1. The Labute approximate surface area is 242 Å². The number of allylic oxidation sites excluding steroid dienone is 2. The zero-order valence-corrected chi connectivity index (χ0v) is 22.8. The van der Waals surface area contributed by atoms with Crippen LogP contribution in [0.2, 0.25) is 0 Å². The van der Waals surface area contributed by atoms with E-state index in [1.54, 1.807) is 30.5 Å². The number of hydrogen-bond donors (Lipinski definition) is 2. The number of hydrogen-bond acceptors (Lipinski definition) is 9. The second kappa shape index (κ2) is 12.9. The molecule has 2 N–H and O–H groups in total. The van der Waals surface area contributed by atoms with Crippen LogP contribution in [0.15, 0.2) is 66.9 Å². The summed E-state index contributed by atoms with van der Waals surface area (Å²) in [5.41, 5.74) is 2.65. The van der Waals surface area contributed by atoms with Crippen LogP contribution in [0.3, 0.4) is 0 Å². The number of halogens is 3. The predicted octanol–water partition coefficient (Wildman–Crippen LogP) is 5.34. The van der Waals surface area contributed by atoms with E-state index in [2.05, 4.69) is 46.8 Å². The molecular formula is C28H24F3N7O3S. The van der Waals surface area contributed by atoms with Gasteiger partial charge in [0.15, 0.2) is 5.82 Å². The van der Waals surface area contributed by atoms with E-state index in [1.807, 2.05) is 6.07 Å². The van der Waals surface area contributed by atoms with Crippen LogP contribution in [0.5, 0.6) is 5.75 Å². The van der Waals surface area contributed by atoms with Crippen molar-refractivity contribution >= 4 is 39.7 Å². The smallest absolute Gasteiger partial charge is 0.406 e. The minimum absolute atomic E-state index is 0.0993. The molecule has 14 heteroatoms. The first-order valence-electron chi connectivity index (χ1n) is 12.9. The number of carbonyl (C=O) groups is 2. The Kier molecular flexibility index (Phi) is 8.81. The summed E-state index contributed by atoms with van der Waals surface area (Å²) in [5.74, 6) is -0.757. The number of ether oxygens (including phenoxy) is 1. The first-order chi connectivity index (χ1) is 20.2. The van der Waals surface area contributed by atoms with Gasteiger partial charge in [0.2, 0.25) is 16.9 Å². The van der Waals surface area contributed by atoms with E-state index in [1.165, 1.54) is 23.5 Å². The highest BCUT2D eigenvalue weighted by molar-refractivity contribution is 7.15. The quantitative estimate of drug-likeness (QED) is 0.265. The van der Waals surface area contributed by atoms with Crippen LogP contribution < -0.4 is 15.4 Å². The minimum Gasteiger partial charge on any atom is -0.406 e. The van der Waals surface area contributed by atoms with Crippen LogP contribution in [0.25, 0.3) is 5.57 Å². The van der Waals surface area contributed by atoms with E-state index in [-0.39, 0.29) is 30.5 Å². The van der Waals surface area contributed by atoms with Crippen LogP contribution in [0.1, 0.15) is 47.1 Å². The zero-order valence-electron chi connectivity index (χ0n) is 22.0. The van der Waals surface area contributed by atoms with Crippen molar-refractivity contribution < 1.29 is 27.5 Å². The van der Waals surface area contributed by atoms with E-state index in [0.29, 0.717) is 28.5 Å². The average molecular weight is 596 g/mol. The van der Waals surface area contributed by atoms with Crippen molar-refractivity contribution in [2.45, 2.75) is 44.4 Å². The number of aromatic nitrogens is 5. The van der Waals surface area contributed by atoms with Crippen molar-refractivity contribution in [1.82, 2.24) is 25.4 Å². The molecule has 0 bridgehead atoms. The number of anilines is 2. The molecular weight excluding hydrogens is 571 g/mol. The Morgan fingerprint density at radius 1 is 0.952 bits per heavy atom. The first kappa shape index (κ1) is 28.8. The molecule has 0 aliphatic heterocycles.